The van der Waals surface area contributed by atoms with Crippen LogP contribution in [0.1, 0.15) is 48.4 Å². The predicted molar refractivity (Wildman–Crippen MR) is 150 cm³/mol. The van der Waals surface area contributed by atoms with Crippen LogP contribution in [0.2, 0.25) is 0 Å². The Kier molecular flexibility index (Phi) is 7.83. The molecule has 6 rings (SSSR count). The highest BCUT2D eigenvalue weighted by Gasteiger charge is 2.43. The molecule has 0 saturated carbocycles. The second-order valence-corrected chi connectivity index (χ2v) is 10.4. The highest BCUT2D eigenvalue weighted by atomic mass is 16.6. The maximum atomic E-state index is 9.67. The number of hydrogen-bond donors (Lipinski definition) is 1. The molecule has 0 radical (unpaired) electrons. The number of aliphatic hydroxyl groups is 1. The molecule has 3 aromatic carbocycles. The lowest BCUT2D eigenvalue weighted by atomic mass is 9.88. The van der Waals surface area contributed by atoms with E-state index in [1.54, 1.807) is 0 Å². The van der Waals surface area contributed by atoms with Crippen LogP contribution in [0.3, 0.4) is 0 Å². The van der Waals surface area contributed by atoms with Gasteiger partial charge in [0.25, 0.3) is 0 Å². The van der Waals surface area contributed by atoms with Crippen molar-refractivity contribution in [3.8, 4) is 23.1 Å². The minimum absolute atomic E-state index is 0.00432. The molecule has 2 aliphatic rings. The molecule has 0 bridgehead atoms. The molecule has 5 atom stereocenters. The van der Waals surface area contributed by atoms with Gasteiger partial charge in [-0.25, -0.2) is 4.68 Å². The van der Waals surface area contributed by atoms with Crippen LogP contribution in [-0.2, 0) is 15.9 Å². The molecule has 6 nitrogen and oxygen atoms in total. The van der Waals surface area contributed by atoms with E-state index in [-0.39, 0.29) is 37.1 Å². The van der Waals surface area contributed by atoms with Gasteiger partial charge in [0.2, 0.25) is 0 Å². The SMILES string of the molecule is OC[C@@H]1CC[C@@H]2O[C@H](CCc3ccc(C#Cc4ccccc4)cc3)[C@@H](n3cc(-c4ccccc4)nn3)C[C@@H]2O1. The molecule has 2 fully saturated rings. The summed E-state index contributed by atoms with van der Waals surface area (Å²) in [4.78, 5) is 0. The fourth-order valence-corrected chi connectivity index (χ4v) is 5.59. The van der Waals surface area contributed by atoms with Crippen molar-refractivity contribution in [1.29, 1.82) is 0 Å². The van der Waals surface area contributed by atoms with E-state index >= 15 is 0 Å². The van der Waals surface area contributed by atoms with Gasteiger partial charge in [0.15, 0.2) is 0 Å². The van der Waals surface area contributed by atoms with Gasteiger partial charge in [-0.15, -0.1) is 5.10 Å². The van der Waals surface area contributed by atoms with E-state index in [4.69, 9.17) is 9.47 Å². The Morgan fingerprint density at radius 2 is 1.54 bits per heavy atom. The Hall–Kier alpha value is -3.76. The molecule has 0 unspecified atom stereocenters. The third kappa shape index (κ3) is 6.12. The second-order valence-electron chi connectivity index (χ2n) is 10.4. The summed E-state index contributed by atoms with van der Waals surface area (Å²) in [7, 11) is 0. The van der Waals surface area contributed by atoms with Gasteiger partial charge in [-0.3, -0.25) is 0 Å². The van der Waals surface area contributed by atoms with Crippen LogP contribution in [0.15, 0.2) is 91.1 Å². The van der Waals surface area contributed by atoms with Crippen molar-refractivity contribution >= 4 is 0 Å². The average molecular weight is 520 g/mol. The first-order valence-electron chi connectivity index (χ1n) is 13.8. The Balaban J connectivity index is 1.17. The summed E-state index contributed by atoms with van der Waals surface area (Å²) in [5.41, 5.74) is 5.17. The van der Waals surface area contributed by atoms with Gasteiger partial charge < -0.3 is 14.6 Å². The summed E-state index contributed by atoms with van der Waals surface area (Å²) in [6.07, 6.45) is 6.15. The zero-order valence-corrected chi connectivity index (χ0v) is 21.9. The predicted octanol–water partition coefficient (Wildman–Crippen LogP) is 5.22. The molecule has 0 amide bonds. The minimum Gasteiger partial charge on any atom is -0.394 e. The van der Waals surface area contributed by atoms with Crippen LogP contribution in [0.25, 0.3) is 11.3 Å². The highest BCUT2D eigenvalue weighted by molar-refractivity contribution is 5.57. The molecule has 2 aliphatic heterocycles. The van der Waals surface area contributed by atoms with E-state index in [1.165, 1.54) is 5.56 Å². The quantitative estimate of drug-likeness (QED) is 0.354. The van der Waals surface area contributed by atoms with Crippen LogP contribution in [-0.4, -0.2) is 51.1 Å². The van der Waals surface area contributed by atoms with Gasteiger partial charge in [0.05, 0.1) is 43.3 Å². The van der Waals surface area contributed by atoms with Gasteiger partial charge in [-0.1, -0.05) is 77.7 Å². The monoisotopic (exact) mass is 519 g/mol. The van der Waals surface area contributed by atoms with Gasteiger partial charge in [-0.05, 0) is 55.5 Å². The second kappa shape index (κ2) is 12.0. The number of aliphatic hydroxyl groups excluding tert-OH is 1. The first-order chi connectivity index (χ1) is 19.2. The number of ether oxygens (including phenoxy) is 2. The third-order valence-electron chi connectivity index (χ3n) is 7.73. The molecular weight excluding hydrogens is 486 g/mol. The topological polar surface area (TPSA) is 69.4 Å². The molecule has 198 valence electrons. The summed E-state index contributed by atoms with van der Waals surface area (Å²) in [5.74, 6) is 6.47. The van der Waals surface area contributed by atoms with Crippen LogP contribution < -0.4 is 0 Å². The van der Waals surface area contributed by atoms with Crippen LogP contribution in [0.5, 0.6) is 0 Å². The van der Waals surface area contributed by atoms with E-state index in [0.29, 0.717) is 0 Å². The summed E-state index contributed by atoms with van der Waals surface area (Å²) >= 11 is 0. The first kappa shape index (κ1) is 25.5. The normalized spacial score (nSPS) is 24.4. The van der Waals surface area contributed by atoms with Crippen molar-refractivity contribution in [2.75, 3.05) is 6.61 Å². The van der Waals surface area contributed by atoms with E-state index in [1.807, 2.05) is 71.5 Å². The molecule has 3 heterocycles. The Morgan fingerprint density at radius 3 is 2.28 bits per heavy atom. The number of aromatic nitrogens is 3. The zero-order chi connectivity index (χ0) is 26.4. The first-order valence-corrected chi connectivity index (χ1v) is 13.8. The number of aryl methyl sites for hydroxylation is 1. The van der Waals surface area contributed by atoms with Gasteiger partial charge in [0, 0.05) is 23.1 Å². The Bertz CT molecular complexity index is 1410. The zero-order valence-electron chi connectivity index (χ0n) is 21.9. The van der Waals surface area contributed by atoms with Gasteiger partial charge in [0.1, 0.15) is 5.69 Å². The van der Waals surface area contributed by atoms with Crippen LogP contribution >= 0.6 is 0 Å². The van der Waals surface area contributed by atoms with Crippen LogP contribution in [0.4, 0.5) is 0 Å². The summed E-state index contributed by atoms with van der Waals surface area (Å²) < 4.78 is 14.8. The smallest absolute Gasteiger partial charge is 0.113 e. The lowest BCUT2D eigenvalue weighted by molar-refractivity contribution is -0.209. The van der Waals surface area contributed by atoms with Gasteiger partial charge in [-0.2, -0.15) is 0 Å². The van der Waals surface area contributed by atoms with Crippen molar-refractivity contribution in [2.24, 2.45) is 0 Å². The summed E-state index contributed by atoms with van der Waals surface area (Å²) in [5, 5.41) is 18.6. The van der Waals surface area contributed by atoms with Crippen molar-refractivity contribution in [3.63, 3.8) is 0 Å². The van der Waals surface area contributed by atoms with Crippen molar-refractivity contribution < 1.29 is 14.6 Å². The summed E-state index contributed by atoms with van der Waals surface area (Å²) in [6, 6.07) is 28.7. The fraction of sp³-hybridized carbons (Fsp3) is 0.333. The molecule has 0 spiro atoms. The van der Waals surface area contributed by atoms with E-state index in [9.17, 15) is 5.11 Å². The standard InChI is InChI=1S/C33H33N3O3/c37-23-28-18-20-32-33(38-28)21-30(36-22-29(34-35-36)27-9-5-2-6-10-27)31(39-32)19-17-26-15-13-25(14-16-26)12-11-24-7-3-1-4-8-24/h1-10,13-16,22,28,30-33,37H,17-21,23H2/t28-,30-,31+,32-,33-/m0/s1. The number of benzene rings is 3. The number of hydrogen-bond acceptors (Lipinski definition) is 5. The lowest BCUT2D eigenvalue weighted by Crippen LogP contribution is -2.51. The minimum atomic E-state index is -0.119. The van der Waals surface area contributed by atoms with E-state index in [0.717, 1.165) is 54.5 Å². The molecular formula is C33H33N3O3. The van der Waals surface area contributed by atoms with Crippen molar-refractivity contribution in [3.05, 3.63) is 108 Å². The van der Waals surface area contributed by atoms with Crippen molar-refractivity contribution in [2.45, 2.75) is 62.6 Å². The molecule has 1 N–H and O–H groups in total. The molecule has 4 aromatic rings. The average Bonchev–Trinajstić information content (AvgIpc) is 3.50. The van der Waals surface area contributed by atoms with E-state index < -0.39 is 0 Å². The van der Waals surface area contributed by atoms with Gasteiger partial charge >= 0.3 is 0 Å². The molecule has 1 aromatic heterocycles. The number of nitrogens with zero attached hydrogens (tertiary/aromatic N) is 3. The highest BCUT2D eigenvalue weighted by Crippen LogP contribution is 2.38. The fourth-order valence-electron chi connectivity index (χ4n) is 5.59. The number of rotatable bonds is 6. The lowest BCUT2D eigenvalue weighted by Gasteiger charge is -2.45. The largest absolute Gasteiger partial charge is 0.394 e. The Morgan fingerprint density at radius 1 is 0.821 bits per heavy atom. The maximum Gasteiger partial charge on any atom is 0.113 e. The van der Waals surface area contributed by atoms with E-state index in [2.05, 4.69) is 46.4 Å². The third-order valence-corrected chi connectivity index (χ3v) is 7.73. The van der Waals surface area contributed by atoms with Crippen LogP contribution in [0, 0.1) is 11.8 Å². The molecule has 39 heavy (non-hydrogen) atoms. The summed E-state index contributed by atoms with van der Waals surface area (Å²) in [6.45, 7) is 0.0461. The molecule has 6 heteroatoms. The Labute approximate surface area is 229 Å². The number of fused-ring (bicyclic) bond motifs is 1. The molecule has 2 saturated heterocycles. The maximum absolute atomic E-state index is 9.67. The van der Waals surface area contributed by atoms with Crippen molar-refractivity contribution in [1.82, 2.24) is 15.0 Å². The molecule has 0 aliphatic carbocycles.